The number of fused-ring (bicyclic) bond motifs is 3. The Balaban J connectivity index is 1.93. The summed E-state index contributed by atoms with van der Waals surface area (Å²) >= 11 is 0. The van der Waals surface area contributed by atoms with Crippen molar-refractivity contribution in [3.63, 3.8) is 0 Å². The summed E-state index contributed by atoms with van der Waals surface area (Å²) in [5, 5.41) is 5.38. The van der Waals surface area contributed by atoms with Crippen molar-refractivity contribution in [1.29, 1.82) is 0 Å². The second-order valence-corrected chi connectivity index (χ2v) is 6.70. The van der Waals surface area contributed by atoms with Gasteiger partial charge in [-0.25, -0.2) is 9.67 Å². The van der Waals surface area contributed by atoms with Gasteiger partial charge in [-0.2, -0.15) is 5.10 Å². The summed E-state index contributed by atoms with van der Waals surface area (Å²) in [5.41, 5.74) is 4.49. The zero-order valence-corrected chi connectivity index (χ0v) is 15.2. The Morgan fingerprint density at radius 2 is 1.71 bits per heavy atom. The Hall–Kier alpha value is -3.87. The highest BCUT2D eigenvalue weighted by molar-refractivity contribution is 6.27. The second kappa shape index (κ2) is 5.82. The summed E-state index contributed by atoms with van der Waals surface area (Å²) in [6, 6.07) is 11.5. The van der Waals surface area contributed by atoms with Crippen molar-refractivity contribution >= 4 is 22.8 Å². The van der Waals surface area contributed by atoms with E-state index in [2.05, 4.69) is 9.97 Å². The molecule has 4 aromatic rings. The number of hydrogen-bond acceptors (Lipinski definition) is 5. The van der Waals surface area contributed by atoms with E-state index in [0.717, 1.165) is 21.7 Å². The molecule has 2 amide bonds. The molecule has 0 saturated heterocycles. The summed E-state index contributed by atoms with van der Waals surface area (Å²) < 4.78 is 1.73. The molecule has 1 aromatic carbocycles. The number of benzene rings is 1. The number of nitrogens with zero attached hydrogens (tertiary/aromatic N) is 5. The fourth-order valence-electron chi connectivity index (χ4n) is 3.59. The van der Waals surface area contributed by atoms with Crippen LogP contribution in [0.25, 0.3) is 28.0 Å². The first-order valence-corrected chi connectivity index (χ1v) is 8.78. The van der Waals surface area contributed by atoms with E-state index in [0.29, 0.717) is 27.9 Å². The summed E-state index contributed by atoms with van der Waals surface area (Å²) in [5.74, 6) is -0.689. The zero-order chi connectivity index (χ0) is 19.4. The molecular weight excluding hydrogens is 354 g/mol. The van der Waals surface area contributed by atoms with E-state index in [-0.39, 0.29) is 11.8 Å². The lowest BCUT2D eigenvalue weighted by molar-refractivity contribution is 0.0693. The number of para-hydroxylation sites is 1. The number of carbonyl (C=O) groups excluding carboxylic acids is 2. The molecule has 5 rings (SSSR count). The fourth-order valence-corrected chi connectivity index (χ4v) is 3.59. The fraction of sp³-hybridized carbons (Fsp3) is 0.0952. The number of aromatic nitrogens is 4. The quantitative estimate of drug-likeness (QED) is 0.507. The van der Waals surface area contributed by atoms with Crippen LogP contribution in [0, 0.1) is 6.92 Å². The van der Waals surface area contributed by atoms with Crippen LogP contribution in [0.4, 0.5) is 0 Å². The lowest BCUT2D eigenvalue weighted by atomic mass is 10.0. The van der Waals surface area contributed by atoms with Gasteiger partial charge in [0.1, 0.15) is 5.69 Å². The highest BCUT2D eigenvalue weighted by atomic mass is 16.2. The SMILES string of the molecule is Cc1ccccc1-n1nc(-c2ccncc2)c2c3c(cnc21)C(=O)N(C)C3=O. The Morgan fingerprint density at radius 3 is 2.46 bits per heavy atom. The predicted molar refractivity (Wildman–Crippen MR) is 103 cm³/mol. The molecule has 7 nitrogen and oxygen atoms in total. The Morgan fingerprint density at radius 1 is 0.964 bits per heavy atom. The van der Waals surface area contributed by atoms with Gasteiger partial charge in [0, 0.05) is 31.2 Å². The zero-order valence-electron chi connectivity index (χ0n) is 15.2. The van der Waals surface area contributed by atoms with Crippen molar-refractivity contribution in [2.45, 2.75) is 6.92 Å². The molecule has 0 spiro atoms. The van der Waals surface area contributed by atoms with E-state index in [1.807, 2.05) is 43.3 Å². The van der Waals surface area contributed by atoms with Crippen molar-refractivity contribution < 1.29 is 9.59 Å². The number of aryl methyl sites for hydroxylation is 1. The van der Waals surface area contributed by atoms with Crippen LogP contribution < -0.4 is 0 Å². The van der Waals surface area contributed by atoms with E-state index in [1.165, 1.54) is 13.2 Å². The Kier molecular flexibility index (Phi) is 3.39. The van der Waals surface area contributed by atoms with Crippen molar-refractivity contribution in [2.75, 3.05) is 7.05 Å². The molecular formula is C21H15N5O2. The molecule has 0 saturated carbocycles. The molecule has 0 aliphatic carbocycles. The van der Waals surface area contributed by atoms with Crippen molar-refractivity contribution in [3.05, 3.63) is 71.7 Å². The van der Waals surface area contributed by atoms with E-state index in [1.54, 1.807) is 17.1 Å². The molecule has 1 aliphatic heterocycles. The molecule has 7 heteroatoms. The van der Waals surface area contributed by atoms with Crippen molar-refractivity contribution in [1.82, 2.24) is 24.6 Å². The molecule has 1 aliphatic rings. The average molecular weight is 369 g/mol. The second-order valence-electron chi connectivity index (χ2n) is 6.70. The van der Waals surface area contributed by atoms with Crippen LogP contribution in [0.1, 0.15) is 26.3 Å². The van der Waals surface area contributed by atoms with Gasteiger partial charge in [0.05, 0.1) is 22.2 Å². The van der Waals surface area contributed by atoms with Crippen LogP contribution in [0.2, 0.25) is 0 Å². The molecule has 0 atom stereocenters. The van der Waals surface area contributed by atoms with E-state index < -0.39 is 0 Å². The molecule has 136 valence electrons. The first kappa shape index (κ1) is 16.3. The molecule has 0 fully saturated rings. The van der Waals surface area contributed by atoms with Crippen LogP contribution >= 0.6 is 0 Å². The van der Waals surface area contributed by atoms with Crippen molar-refractivity contribution in [3.8, 4) is 16.9 Å². The molecule has 0 radical (unpaired) electrons. The van der Waals surface area contributed by atoms with Crippen LogP contribution in [0.3, 0.4) is 0 Å². The molecule has 28 heavy (non-hydrogen) atoms. The number of pyridine rings is 2. The smallest absolute Gasteiger partial charge is 0.262 e. The van der Waals surface area contributed by atoms with Crippen molar-refractivity contribution in [2.24, 2.45) is 0 Å². The minimum absolute atomic E-state index is 0.305. The molecule has 3 aromatic heterocycles. The molecule has 0 N–H and O–H groups in total. The maximum Gasteiger partial charge on any atom is 0.262 e. The van der Waals surface area contributed by atoms with Gasteiger partial charge in [-0.1, -0.05) is 18.2 Å². The highest BCUT2D eigenvalue weighted by Crippen LogP contribution is 2.36. The maximum absolute atomic E-state index is 12.8. The highest BCUT2D eigenvalue weighted by Gasteiger charge is 2.37. The third-order valence-electron chi connectivity index (χ3n) is 5.05. The normalized spacial score (nSPS) is 13.4. The van der Waals surface area contributed by atoms with Gasteiger partial charge in [-0.05, 0) is 30.7 Å². The van der Waals surface area contributed by atoms with Crippen LogP contribution in [-0.2, 0) is 0 Å². The number of hydrogen-bond donors (Lipinski definition) is 0. The summed E-state index contributed by atoms with van der Waals surface area (Å²) in [6.45, 7) is 1.99. The van der Waals surface area contributed by atoms with Gasteiger partial charge in [0.15, 0.2) is 5.65 Å². The monoisotopic (exact) mass is 369 g/mol. The third kappa shape index (κ3) is 2.13. The third-order valence-corrected chi connectivity index (χ3v) is 5.05. The first-order chi connectivity index (χ1) is 13.6. The molecule has 0 bridgehead atoms. The van der Waals surface area contributed by atoms with Gasteiger partial charge < -0.3 is 0 Å². The number of imide groups is 1. The van der Waals surface area contributed by atoms with Crippen LogP contribution in [-0.4, -0.2) is 43.5 Å². The minimum Gasteiger partial charge on any atom is -0.277 e. The van der Waals surface area contributed by atoms with Crippen LogP contribution in [0.15, 0.2) is 55.0 Å². The van der Waals surface area contributed by atoms with E-state index >= 15 is 0 Å². The Bertz CT molecular complexity index is 1280. The van der Waals surface area contributed by atoms with Gasteiger partial charge in [-0.15, -0.1) is 0 Å². The molecule has 4 heterocycles. The van der Waals surface area contributed by atoms with Crippen LogP contribution in [0.5, 0.6) is 0 Å². The standard InChI is InChI=1S/C21H15N5O2/c1-12-5-3-4-6-15(12)26-19-17(18(24-26)13-7-9-22-10-8-13)16-14(11-23-19)20(27)25(2)21(16)28/h3-11H,1-2H3. The lowest BCUT2D eigenvalue weighted by Crippen LogP contribution is -2.24. The molecule has 0 unspecified atom stereocenters. The van der Waals surface area contributed by atoms with E-state index in [4.69, 9.17) is 5.10 Å². The maximum atomic E-state index is 12.8. The Labute approximate surface area is 160 Å². The lowest BCUT2D eigenvalue weighted by Gasteiger charge is -2.06. The number of amides is 2. The summed E-state index contributed by atoms with van der Waals surface area (Å²) in [6.07, 6.45) is 4.81. The summed E-state index contributed by atoms with van der Waals surface area (Å²) in [7, 11) is 1.48. The number of carbonyl (C=O) groups is 2. The van der Waals surface area contributed by atoms with Gasteiger partial charge in [-0.3, -0.25) is 19.5 Å². The minimum atomic E-state index is -0.348. The predicted octanol–water partition coefficient (Wildman–Crippen LogP) is 3.02. The summed E-state index contributed by atoms with van der Waals surface area (Å²) in [4.78, 5) is 35.0. The van der Waals surface area contributed by atoms with Gasteiger partial charge >= 0.3 is 0 Å². The number of rotatable bonds is 2. The van der Waals surface area contributed by atoms with E-state index in [9.17, 15) is 9.59 Å². The first-order valence-electron chi connectivity index (χ1n) is 8.78. The largest absolute Gasteiger partial charge is 0.277 e. The topological polar surface area (TPSA) is 81.0 Å². The average Bonchev–Trinajstić information content (AvgIpc) is 3.21. The van der Waals surface area contributed by atoms with Gasteiger partial charge in [0.2, 0.25) is 0 Å². The van der Waals surface area contributed by atoms with Gasteiger partial charge in [0.25, 0.3) is 11.8 Å².